The number of benzene rings is 2. The van der Waals surface area contributed by atoms with E-state index < -0.39 is 10.0 Å². The Balaban J connectivity index is 2.37. The molecule has 0 amide bonds. The zero-order valence-electron chi connectivity index (χ0n) is 10.0. The molecule has 0 unspecified atom stereocenters. The van der Waals surface area contributed by atoms with E-state index in [-0.39, 0.29) is 4.90 Å². The van der Waals surface area contributed by atoms with Crippen LogP contribution in [-0.2, 0) is 10.0 Å². The van der Waals surface area contributed by atoms with Gasteiger partial charge in [-0.25, -0.2) is 8.42 Å². The van der Waals surface area contributed by atoms with Gasteiger partial charge in [0.2, 0.25) is 0 Å². The molecule has 3 nitrogen and oxygen atoms in total. The number of hydrogen-bond donors (Lipinski definition) is 1. The molecule has 0 aliphatic rings. The Bertz CT molecular complexity index is 714. The summed E-state index contributed by atoms with van der Waals surface area (Å²) in [6, 6.07) is 12.0. The summed E-state index contributed by atoms with van der Waals surface area (Å²) in [6.45, 7) is 1.90. The normalized spacial score (nSPS) is 11.3. The number of sulfonamides is 1. The molecule has 0 saturated carbocycles. The number of aryl methyl sites for hydroxylation is 1. The van der Waals surface area contributed by atoms with Crippen molar-refractivity contribution in [2.24, 2.45) is 0 Å². The van der Waals surface area contributed by atoms with E-state index in [4.69, 9.17) is 0 Å². The van der Waals surface area contributed by atoms with Gasteiger partial charge in [0.15, 0.2) is 0 Å². The first-order valence-electron chi connectivity index (χ1n) is 5.43. The molecule has 0 aliphatic carbocycles. The van der Waals surface area contributed by atoms with Gasteiger partial charge in [-0.2, -0.15) is 0 Å². The molecule has 0 radical (unpaired) electrons. The van der Waals surface area contributed by atoms with E-state index in [1.165, 1.54) is 0 Å². The van der Waals surface area contributed by atoms with Crippen molar-refractivity contribution >= 4 is 47.6 Å². The maximum Gasteiger partial charge on any atom is 0.263 e. The Morgan fingerprint density at radius 1 is 1.00 bits per heavy atom. The highest BCUT2D eigenvalue weighted by molar-refractivity contribution is 9.10. The van der Waals surface area contributed by atoms with Crippen molar-refractivity contribution < 1.29 is 8.42 Å². The molecule has 2 rings (SSSR count). The molecule has 1 N–H and O–H groups in total. The van der Waals surface area contributed by atoms with Gasteiger partial charge in [-0.3, -0.25) is 4.72 Å². The summed E-state index contributed by atoms with van der Waals surface area (Å²) in [5.41, 5.74) is 1.50. The summed E-state index contributed by atoms with van der Waals surface area (Å²) < 4.78 is 28.6. The monoisotopic (exact) mass is 403 g/mol. The van der Waals surface area contributed by atoms with Crippen LogP contribution >= 0.6 is 31.9 Å². The SMILES string of the molecule is Cc1cc(NS(=O)(=O)c2ccccc2Br)ccc1Br. The van der Waals surface area contributed by atoms with Crippen LogP contribution in [0.4, 0.5) is 5.69 Å². The van der Waals surface area contributed by atoms with E-state index >= 15 is 0 Å². The van der Waals surface area contributed by atoms with Crippen LogP contribution in [-0.4, -0.2) is 8.42 Å². The van der Waals surface area contributed by atoms with E-state index in [0.717, 1.165) is 10.0 Å². The van der Waals surface area contributed by atoms with Crippen LogP contribution in [0.5, 0.6) is 0 Å². The van der Waals surface area contributed by atoms with Gasteiger partial charge >= 0.3 is 0 Å². The standard InChI is InChI=1S/C13H11Br2NO2S/c1-9-8-10(6-7-11(9)14)16-19(17,18)13-5-3-2-4-12(13)15/h2-8,16H,1H3. The third-order valence-corrected chi connectivity index (χ3v) is 5.82. The fourth-order valence-corrected chi connectivity index (χ4v) is 3.88. The smallest absolute Gasteiger partial charge is 0.263 e. The van der Waals surface area contributed by atoms with Gasteiger partial charge in [0, 0.05) is 14.6 Å². The molecule has 0 bridgehead atoms. The summed E-state index contributed by atoms with van der Waals surface area (Å²) in [7, 11) is -3.59. The highest BCUT2D eigenvalue weighted by atomic mass is 79.9. The summed E-state index contributed by atoms with van der Waals surface area (Å²) in [6.07, 6.45) is 0. The van der Waals surface area contributed by atoms with Crippen LogP contribution in [0.15, 0.2) is 56.3 Å². The molecular weight excluding hydrogens is 394 g/mol. The number of rotatable bonds is 3. The molecule has 19 heavy (non-hydrogen) atoms. The molecular formula is C13H11Br2NO2S. The maximum atomic E-state index is 12.3. The van der Waals surface area contributed by atoms with Gasteiger partial charge in [-0.05, 0) is 58.7 Å². The van der Waals surface area contributed by atoms with Crippen LogP contribution in [0.1, 0.15) is 5.56 Å². The lowest BCUT2D eigenvalue weighted by Crippen LogP contribution is -2.13. The molecule has 0 aliphatic heterocycles. The lowest BCUT2D eigenvalue weighted by Gasteiger charge is -2.10. The molecule has 0 saturated heterocycles. The summed E-state index contributed by atoms with van der Waals surface area (Å²) in [5.74, 6) is 0. The first-order chi connectivity index (χ1) is 8.90. The van der Waals surface area contributed by atoms with Crippen molar-refractivity contribution in [3.63, 3.8) is 0 Å². The lowest BCUT2D eigenvalue weighted by molar-refractivity contribution is 0.601. The summed E-state index contributed by atoms with van der Waals surface area (Å²) in [4.78, 5) is 0.218. The highest BCUT2D eigenvalue weighted by Crippen LogP contribution is 2.25. The molecule has 0 fully saturated rings. The average Bonchev–Trinajstić information content (AvgIpc) is 2.34. The van der Waals surface area contributed by atoms with Gasteiger partial charge in [0.1, 0.15) is 4.90 Å². The molecule has 0 spiro atoms. The quantitative estimate of drug-likeness (QED) is 0.827. The minimum Gasteiger partial charge on any atom is -0.280 e. The minimum atomic E-state index is -3.59. The van der Waals surface area contributed by atoms with Gasteiger partial charge in [-0.1, -0.05) is 28.1 Å². The van der Waals surface area contributed by atoms with Gasteiger partial charge in [-0.15, -0.1) is 0 Å². The van der Waals surface area contributed by atoms with E-state index in [1.54, 1.807) is 36.4 Å². The van der Waals surface area contributed by atoms with Crippen molar-refractivity contribution in [1.29, 1.82) is 0 Å². The molecule has 6 heteroatoms. The zero-order chi connectivity index (χ0) is 14.0. The van der Waals surface area contributed by atoms with Crippen molar-refractivity contribution in [3.05, 3.63) is 57.0 Å². The molecule has 0 heterocycles. The molecule has 100 valence electrons. The largest absolute Gasteiger partial charge is 0.280 e. The fraction of sp³-hybridized carbons (Fsp3) is 0.0769. The van der Waals surface area contributed by atoms with Crippen LogP contribution in [0, 0.1) is 6.92 Å². The van der Waals surface area contributed by atoms with Crippen molar-refractivity contribution in [2.75, 3.05) is 4.72 Å². The van der Waals surface area contributed by atoms with Crippen molar-refractivity contribution in [1.82, 2.24) is 0 Å². The van der Waals surface area contributed by atoms with E-state index in [0.29, 0.717) is 10.2 Å². The van der Waals surface area contributed by atoms with E-state index in [2.05, 4.69) is 36.6 Å². The number of halogens is 2. The minimum absolute atomic E-state index is 0.218. The maximum absolute atomic E-state index is 12.3. The van der Waals surface area contributed by atoms with Crippen molar-refractivity contribution in [2.45, 2.75) is 11.8 Å². The first kappa shape index (κ1) is 14.6. The fourth-order valence-electron chi connectivity index (χ4n) is 1.58. The average molecular weight is 405 g/mol. The summed E-state index contributed by atoms with van der Waals surface area (Å²) in [5, 5.41) is 0. The second kappa shape index (κ2) is 5.64. The third kappa shape index (κ3) is 3.38. The molecule has 2 aromatic rings. The molecule has 2 aromatic carbocycles. The number of nitrogens with one attached hydrogen (secondary N) is 1. The second-order valence-corrected chi connectivity index (χ2v) is 7.36. The Hall–Kier alpha value is -0.850. The molecule has 0 aromatic heterocycles. The first-order valence-corrected chi connectivity index (χ1v) is 8.50. The number of anilines is 1. The Kier molecular flexibility index (Phi) is 4.32. The lowest BCUT2D eigenvalue weighted by atomic mass is 10.2. The third-order valence-electron chi connectivity index (χ3n) is 2.54. The zero-order valence-corrected chi connectivity index (χ0v) is 14.0. The van der Waals surface area contributed by atoms with E-state index in [9.17, 15) is 8.42 Å². The number of hydrogen-bond acceptors (Lipinski definition) is 2. The Labute approximate surface area is 129 Å². The van der Waals surface area contributed by atoms with Crippen LogP contribution < -0.4 is 4.72 Å². The Morgan fingerprint density at radius 3 is 2.32 bits per heavy atom. The van der Waals surface area contributed by atoms with Gasteiger partial charge in [0.25, 0.3) is 10.0 Å². The Morgan fingerprint density at radius 2 is 1.68 bits per heavy atom. The topological polar surface area (TPSA) is 46.2 Å². The second-order valence-electron chi connectivity index (χ2n) is 4.00. The predicted molar refractivity (Wildman–Crippen MR) is 83.8 cm³/mol. The summed E-state index contributed by atoms with van der Waals surface area (Å²) >= 11 is 6.63. The van der Waals surface area contributed by atoms with Crippen molar-refractivity contribution in [3.8, 4) is 0 Å². The van der Waals surface area contributed by atoms with Gasteiger partial charge in [0.05, 0.1) is 0 Å². The van der Waals surface area contributed by atoms with Crippen LogP contribution in [0.2, 0.25) is 0 Å². The van der Waals surface area contributed by atoms with Gasteiger partial charge < -0.3 is 0 Å². The van der Waals surface area contributed by atoms with Crippen LogP contribution in [0.3, 0.4) is 0 Å². The molecule has 0 atom stereocenters. The van der Waals surface area contributed by atoms with Crippen LogP contribution in [0.25, 0.3) is 0 Å². The highest BCUT2D eigenvalue weighted by Gasteiger charge is 2.17. The predicted octanol–water partition coefficient (Wildman–Crippen LogP) is 4.32. The van der Waals surface area contributed by atoms with E-state index in [1.807, 2.05) is 13.0 Å².